The van der Waals surface area contributed by atoms with Crippen LogP contribution >= 0.6 is 0 Å². The molecule has 92 valence electrons. The van der Waals surface area contributed by atoms with Crippen molar-refractivity contribution in [2.75, 3.05) is 6.61 Å². The van der Waals surface area contributed by atoms with E-state index in [2.05, 4.69) is 36.6 Å². The van der Waals surface area contributed by atoms with Crippen molar-refractivity contribution in [1.29, 1.82) is 0 Å². The molecule has 3 nitrogen and oxygen atoms in total. The van der Waals surface area contributed by atoms with Crippen molar-refractivity contribution < 1.29 is 5.11 Å². The molecule has 1 unspecified atom stereocenters. The standard InChI is InChI=1S/C13H24N2O/c1-4-7-11(10-16)8-13-9-12(5-2)14-15(13)6-3/h9,11,16H,4-8,10H2,1-3H3. The predicted molar refractivity (Wildman–Crippen MR) is 66.5 cm³/mol. The Kier molecular flexibility index (Phi) is 5.53. The van der Waals surface area contributed by atoms with E-state index in [1.54, 1.807) is 0 Å². The second-order valence-corrected chi connectivity index (χ2v) is 4.34. The minimum absolute atomic E-state index is 0.282. The molecule has 1 heterocycles. The number of hydrogen-bond acceptors (Lipinski definition) is 2. The van der Waals surface area contributed by atoms with Crippen LogP contribution in [0.5, 0.6) is 0 Å². The average Bonchev–Trinajstić information content (AvgIpc) is 2.70. The first-order valence-electron chi connectivity index (χ1n) is 6.41. The zero-order chi connectivity index (χ0) is 12.0. The third-order valence-electron chi connectivity index (χ3n) is 3.03. The van der Waals surface area contributed by atoms with E-state index in [4.69, 9.17) is 0 Å². The Morgan fingerprint density at radius 1 is 1.38 bits per heavy atom. The van der Waals surface area contributed by atoms with Gasteiger partial charge in [0.2, 0.25) is 0 Å². The molecule has 0 bridgehead atoms. The van der Waals surface area contributed by atoms with Crippen LogP contribution in [-0.2, 0) is 19.4 Å². The Morgan fingerprint density at radius 2 is 2.12 bits per heavy atom. The van der Waals surface area contributed by atoms with E-state index in [0.29, 0.717) is 5.92 Å². The molecule has 0 aliphatic carbocycles. The highest BCUT2D eigenvalue weighted by Crippen LogP contribution is 2.15. The maximum atomic E-state index is 9.32. The molecule has 0 amide bonds. The Hall–Kier alpha value is -0.830. The van der Waals surface area contributed by atoms with Gasteiger partial charge in [0.15, 0.2) is 0 Å². The molecule has 0 saturated heterocycles. The first kappa shape index (κ1) is 13.2. The number of nitrogens with zero attached hydrogens (tertiary/aromatic N) is 2. The molecular formula is C13H24N2O. The van der Waals surface area contributed by atoms with Crippen LogP contribution in [0.15, 0.2) is 6.07 Å². The molecule has 0 aromatic carbocycles. The van der Waals surface area contributed by atoms with Crippen LogP contribution in [-0.4, -0.2) is 21.5 Å². The molecule has 1 N–H and O–H groups in total. The topological polar surface area (TPSA) is 38.1 Å². The zero-order valence-electron chi connectivity index (χ0n) is 10.7. The number of aryl methyl sites for hydroxylation is 2. The molecule has 0 fully saturated rings. The summed E-state index contributed by atoms with van der Waals surface area (Å²) in [5, 5.41) is 13.8. The van der Waals surface area contributed by atoms with Crippen LogP contribution in [0.25, 0.3) is 0 Å². The van der Waals surface area contributed by atoms with Gasteiger partial charge in [0.1, 0.15) is 0 Å². The van der Waals surface area contributed by atoms with Gasteiger partial charge in [0, 0.05) is 18.8 Å². The molecule has 0 aliphatic heterocycles. The molecule has 1 atom stereocenters. The van der Waals surface area contributed by atoms with Crippen molar-refractivity contribution in [3.05, 3.63) is 17.5 Å². The molecular weight excluding hydrogens is 200 g/mol. The highest BCUT2D eigenvalue weighted by atomic mass is 16.3. The second-order valence-electron chi connectivity index (χ2n) is 4.34. The summed E-state index contributed by atoms with van der Waals surface area (Å²) in [7, 11) is 0. The van der Waals surface area contributed by atoms with Crippen molar-refractivity contribution >= 4 is 0 Å². The van der Waals surface area contributed by atoms with Crippen molar-refractivity contribution in [3.63, 3.8) is 0 Å². The summed E-state index contributed by atoms with van der Waals surface area (Å²) < 4.78 is 2.07. The zero-order valence-corrected chi connectivity index (χ0v) is 10.7. The molecule has 3 heteroatoms. The van der Waals surface area contributed by atoms with Crippen LogP contribution in [0.4, 0.5) is 0 Å². The van der Waals surface area contributed by atoms with E-state index in [9.17, 15) is 5.11 Å². The van der Waals surface area contributed by atoms with Crippen molar-refractivity contribution in [2.45, 2.75) is 53.0 Å². The smallest absolute Gasteiger partial charge is 0.0624 e. The average molecular weight is 224 g/mol. The largest absolute Gasteiger partial charge is 0.396 e. The quantitative estimate of drug-likeness (QED) is 0.772. The molecule has 1 aromatic rings. The van der Waals surface area contributed by atoms with Gasteiger partial charge >= 0.3 is 0 Å². The molecule has 0 spiro atoms. The van der Waals surface area contributed by atoms with Gasteiger partial charge in [0.05, 0.1) is 5.69 Å². The van der Waals surface area contributed by atoms with E-state index < -0.39 is 0 Å². The van der Waals surface area contributed by atoms with Gasteiger partial charge in [-0.25, -0.2) is 0 Å². The monoisotopic (exact) mass is 224 g/mol. The normalized spacial score (nSPS) is 13.0. The van der Waals surface area contributed by atoms with Crippen LogP contribution in [0, 0.1) is 5.92 Å². The van der Waals surface area contributed by atoms with Crippen LogP contribution in [0.3, 0.4) is 0 Å². The Labute approximate surface area is 98.5 Å². The molecule has 1 aromatic heterocycles. The van der Waals surface area contributed by atoms with E-state index in [1.165, 1.54) is 5.69 Å². The fourth-order valence-electron chi connectivity index (χ4n) is 2.09. The third-order valence-corrected chi connectivity index (χ3v) is 3.03. The lowest BCUT2D eigenvalue weighted by molar-refractivity contribution is 0.215. The van der Waals surface area contributed by atoms with Gasteiger partial charge in [-0.2, -0.15) is 5.10 Å². The Morgan fingerprint density at radius 3 is 2.62 bits per heavy atom. The van der Waals surface area contributed by atoms with E-state index >= 15 is 0 Å². The molecule has 1 rings (SSSR count). The summed E-state index contributed by atoms with van der Waals surface area (Å²) in [6, 6.07) is 2.18. The third kappa shape index (κ3) is 3.34. The minimum atomic E-state index is 0.282. The predicted octanol–water partition coefficient (Wildman–Crippen LogP) is 2.42. The number of hydrogen-bond donors (Lipinski definition) is 1. The number of rotatable bonds is 7. The van der Waals surface area contributed by atoms with Crippen LogP contribution < -0.4 is 0 Å². The summed E-state index contributed by atoms with van der Waals surface area (Å²) in [6.07, 6.45) is 4.15. The summed E-state index contributed by atoms with van der Waals surface area (Å²) >= 11 is 0. The highest BCUT2D eigenvalue weighted by molar-refractivity contribution is 5.11. The maximum absolute atomic E-state index is 9.32. The molecule has 0 radical (unpaired) electrons. The molecule has 0 aliphatic rings. The van der Waals surface area contributed by atoms with Gasteiger partial charge in [-0.1, -0.05) is 20.3 Å². The number of aliphatic hydroxyl groups excluding tert-OH is 1. The first-order valence-corrected chi connectivity index (χ1v) is 6.41. The lowest BCUT2D eigenvalue weighted by Crippen LogP contribution is -2.13. The van der Waals surface area contributed by atoms with Gasteiger partial charge in [-0.15, -0.1) is 0 Å². The summed E-state index contributed by atoms with van der Waals surface area (Å²) in [5.41, 5.74) is 2.43. The molecule has 16 heavy (non-hydrogen) atoms. The maximum Gasteiger partial charge on any atom is 0.0624 e. The molecule has 0 saturated carbocycles. The van der Waals surface area contributed by atoms with Gasteiger partial charge < -0.3 is 5.11 Å². The summed E-state index contributed by atoms with van der Waals surface area (Å²) in [5.74, 6) is 0.386. The van der Waals surface area contributed by atoms with Crippen molar-refractivity contribution in [2.24, 2.45) is 5.92 Å². The first-order chi connectivity index (χ1) is 7.74. The Bertz CT molecular complexity index is 307. The number of aromatic nitrogens is 2. The fourth-order valence-corrected chi connectivity index (χ4v) is 2.09. The second kappa shape index (κ2) is 6.69. The lowest BCUT2D eigenvalue weighted by atomic mass is 9.98. The van der Waals surface area contributed by atoms with Crippen molar-refractivity contribution in [1.82, 2.24) is 9.78 Å². The van der Waals surface area contributed by atoms with Crippen LogP contribution in [0.2, 0.25) is 0 Å². The van der Waals surface area contributed by atoms with Gasteiger partial charge in [0.25, 0.3) is 0 Å². The SMILES string of the molecule is CCCC(CO)Cc1cc(CC)nn1CC. The van der Waals surface area contributed by atoms with E-state index in [-0.39, 0.29) is 6.61 Å². The lowest BCUT2D eigenvalue weighted by Gasteiger charge is -2.13. The van der Waals surface area contributed by atoms with E-state index in [0.717, 1.165) is 37.9 Å². The van der Waals surface area contributed by atoms with Gasteiger partial charge in [-0.3, -0.25) is 4.68 Å². The highest BCUT2D eigenvalue weighted by Gasteiger charge is 2.12. The minimum Gasteiger partial charge on any atom is -0.396 e. The number of aliphatic hydroxyl groups is 1. The summed E-state index contributed by atoms with van der Waals surface area (Å²) in [4.78, 5) is 0. The van der Waals surface area contributed by atoms with Crippen LogP contribution in [0.1, 0.15) is 45.0 Å². The van der Waals surface area contributed by atoms with Gasteiger partial charge in [-0.05, 0) is 38.2 Å². The van der Waals surface area contributed by atoms with E-state index in [1.807, 2.05) is 0 Å². The summed E-state index contributed by atoms with van der Waals surface area (Å²) in [6.45, 7) is 7.60. The fraction of sp³-hybridized carbons (Fsp3) is 0.769. The Balaban J connectivity index is 2.73. The van der Waals surface area contributed by atoms with Crippen molar-refractivity contribution in [3.8, 4) is 0 Å².